The van der Waals surface area contributed by atoms with Crippen LogP contribution in [0.4, 0.5) is 0 Å². The third kappa shape index (κ3) is 3.21. The van der Waals surface area contributed by atoms with Gasteiger partial charge in [0.05, 0.1) is 0 Å². The zero-order chi connectivity index (χ0) is 14.8. The standard InChI is InChI=1S/C18H33AsCl2/c20-19(21,16-10-4-1-5-11-16,17-12-6-2-7-13-17)18-14-8-3-9-15-18/h16-18H,1-15H2. The molecule has 0 radical (unpaired) electrons. The van der Waals surface area contributed by atoms with Gasteiger partial charge in [0.2, 0.25) is 0 Å². The summed E-state index contributed by atoms with van der Waals surface area (Å²) in [6.45, 7) is 0. The molecule has 0 nitrogen and oxygen atoms in total. The molecule has 21 heavy (non-hydrogen) atoms. The van der Waals surface area contributed by atoms with E-state index in [1.165, 1.54) is 96.3 Å². The molecule has 3 aliphatic carbocycles. The fourth-order valence-electron chi connectivity index (χ4n) is 5.62. The predicted molar refractivity (Wildman–Crippen MR) is 98.0 cm³/mol. The maximum absolute atomic E-state index is 7.78. The Morgan fingerprint density at radius 1 is 0.429 bits per heavy atom. The van der Waals surface area contributed by atoms with Crippen molar-refractivity contribution in [2.24, 2.45) is 0 Å². The fourth-order valence-corrected chi connectivity index (χ4v) is 24.0. The monoisotopic (exact) mass is 394 g/mol. The van der Waals surface area contributed by atoms with Gasteiger partial charge in [-0.25, -0.2) is 0 Å². The molecule has 3 aliphatic rings. The van der Waals surface area contributed by atoms with E-state index in [-0.39, 0.29) is 0 Å². The first-order valence-electron chi connectivity index (χ1n) is 9.56. The van der Waals surface area contributed by atoms with Crippen LogP contribution in [0.1, 0.15) is 96.3 Å². The zero-order valence-corrected chi connectivity index (χ0v) is 16.9. The summed E-state index contributed by atoms with van der Waals surface area (Å²) in [7, 11) is 12.3. The van der Waals surface area contributed by atoms with Crippen molar-refractivity contribution < 1.29 is 0 Å². The predicted octanol–water partition coefficient (Wildman–Crippen LogP) is 7.86. The van der Waals surface area contributed by atoms with Crippen LogP contribution in [-0.4, -0.2) is 10.6 Å². The Kier molecular flexibility index (Phi) is 5.61. The van der Waals surface area contributed by atoms with Crippen molar-refractivity contribution in [3.05, 3.63) is 0 Å². The van der Waals surface area contributed by atoms with Crippen LogP contribution in [0.2, 0.25) is 14.1 Å². The van der Waals surface area contributed by atoms with E-state index in [2.05, 4.69) is 0 Å². The van der Waals surface area contributed by atoms with E-state index < -0.39 is 10.6 Å². The Morgan fingerprint density at radius 3 is 0.905 bits per heavy atom. The Labute approximate surface area is 140 Å². The Balaban J connectivity index is 1.90. The number of rotatable bonds is 3. The zero-order valence-electron chi connectivity index (χ0n) is 13.5. The van der Waals surface area contributed by atoms with Crippen molar-refractivity contribution in [1.82, 2.24) is 0 Å². The Hall–Kier alpha value is 1.14. The molecule has 124 valence electrons. The number of halogens is 2. The summed E-state index contributed by atoms with van der Waals surface area (Å²) < 4.78 is 2.19. The van der Waals surface area contributed by atoms with Crippen molar-refractivity contribution in [2.45, 2.75) is 110 Å². The third-order valence-corrected chi connectivity index (χ3v) is 27.5. The van der Waals surface area contributed by atoms with Crippen LogP contribution in [0.5, 0.6) is 0 Å². The molecule has 0 aromatic rings. The molecule has 0 saturated heterocycles. The first-order valence-corrected chi connectivity index (χ1v) is 17.7. The molecule has 0 unspecified atom stereocenters. The van der Waals surface area contributed by atoms with Crippen molar-refractivity contribution in [2.75, 3.05) is 0 Å². The van der Waals surface area contributed by atoms with Gasteiger partial charge in [-0.1, -0.05) is 0 Å². The normalized spacial score (nSPS) is 29.9. The summed E-state index contributed by atoms with van der Waals surface area (Å²) in [6, 6.07) is 0. The molecule has 0 aliphatic heterocycles. The van der Waals surface area contributed by atoms with Gasteiger partial charge >= 0.3 is 141 Å². The van der Waals surface area contributed by atoms with E-state index in [0.29, 0.717) is 0 Å². The van der Waals surface area contributed by atoms with E-state index in [1.807, 2.05) is 0 Å². The van der Waals surface area contributed by atoms with Crippen LogP contribution in [0.15, 0.2) is 0 Å². The summed E-state index contributed by atoms with van der Waals surface area (Å²) in [4.78, 5) is 0. The summed E-state index contributed by atoms with van der Waals surface area (Å²) in [5.74, 6) is 0. The third-order valence-electron chi connectivity index (χ3n) is 6.82. The number of hydrogen-bond acceptors (Lipinski definition) is 0. The van der Waals surface area contributed by atoms with E-state index in [0.717, 1.165) is 14.1 Å². The van der Waals surface area contributed by atoms with Crippen molar-refractivity contribution in [1.29, 1.82) is 0 Å². The van der Waals surface area contributed by atoms with Crippen LogP contribution < -0.4 is 0 Å². The van der Waals surface area contributed by atoms with E-state index in [4.69, 9.17) is 19.9 Å². The minimum atomic E-state index is -3.26. The second-order valence-electron chi connectivity index (χ2n) is 7.97. The molecule has 0 bridgehead atoms. The van der Waals surface area contributed by atoms with Crippen molar-refractivity contribution in [3.63, 3.8) is 0 Å². The van der Waals surface area contributed by atoms with Gasteiger partial charge in [0.25, 0.3) is 0 Å². The van der Waals surface area contributed by atoms with E-state index in [9.17, 15) is 0 Å². The second kappa shape index (κ2) is 6.94. The van der Waals surface area contributed by atoms with Gasteiger partial charge in [0.15, 0.2) is 0 Å². The summed E-state index contributed by atoms with van der Waals surface area (Å²) in [6.07, 6.45) is 20.7. The molecule has 0 aromatic carbocycles. The Morgan fingerprint density at radius 2 is 0.667 bits per heavy atom. The van der Waals surface area contributed by atoms with Gasteiger partial charge in [-0.05, 0) is 0 Å². The average Bonchev–Trinajstić information content (AvgIpc) is 2.57. The first-order chi connectivity index (χ1) is 10.1. The molecule has 0 atom stereocenters. The van der Waals surface area contributed by atoms with Gasteiger partial charge in [0, 0.05) is 0 Å². The van der Waals surface area contributed by atoms with Crippen molar-refractivity contribution >= 4 is 30.5 Å². The molecule has 3 rings (SSSR count). The summed E-state index contributed by atoms with van der Waals surface area (Å²) >= 11 is 0. The van der Waals surface area contributed by atoms with Gasteiger partial charge in [-0.3, -0.25) is 0 Å². The molecular formula is C18H33AsCl2. The molecule has 3 heteroatoms. The van der Waals surface area contributed by atoms with Gasteiger partial charge in [0.1, 0.15) is 0 Å². The van der Waals surface area contributed by atoms with Crippen LogP contribution >= 0.6 is 19.9 Å². The molecule has 0 spiro atoms. The van der Waals surface area contributed by atoms with E-state index >= 15 is 0 Å². The Bertz CT molecular complexity index is 285. The first kappa shape index (κ1) is 17.0. The second-order valence-corrected chi connectivity index (χ2v) is 25.9. The van der Waals surface area contributed by atoms with Gasteiger partial charge in [-0.2, -0.15) is 0 Å². The molecule has 3 fully saturated rings. The minimum absolute atomic E-state index is 0.729. The van der Waals surface area contributed by atoms with Crippen LogP contribution in [0, 0.1) is 0 Å². The summed E-state index contributed by atoms with van der Waals surface area (Å²) in [5.41, 5.74) is 0. The van der Waals surface area contributed by atoms with Gasteiger partial charge < -0.3 is 0 Å². The fraction of sp³-hybridized carbons (Fsp3) is 1.00. The molecule has 0 aromatic heterocycles. The van der Waals surface area contributed by atoms with Crippen molar-refractivity contribution in [3.8, 4) is 0 Å². The maximum atomic E-state index is 7.78. The van der Waals surface area contributed by atoms with Gasteiger partial charge in [-0.15, -0.1) is 0 Å². The number of hydrogen-bond donors (Lipinski definition) is 0. The molecule has 3 saturated carbocycles. The average molecular weight is 395 g/mol. The molecule has 0 heterocycles. The SMILES string of the molecule is Cl[As](Cl)(C1CCCCC1)(C1CCCCC1)C1CCCCC1. The van der Waals surface area contributed by atoms with E-state index in [1.54, 1.807) is 0 Å². The molecule has 0 N–H and O–H groups in total. The van der Waals surface area contributed by atoms with Crippen LogP contribution in [0.25, 0.3) is 0 Å². The topological polar surface area (TPSA) is 0 Å². The molecular weight excluding hydrogens is 362 g/mol. The quantitative estimate of drug-likeness (QED) is 0.427. The van der Waals surface area contributed by atoms with Crippen LogP contribution in [-0.2, 0) is 0 Å². The van der Waals surface area contributed by atoms with Crippen LogP contribution in [0.3, 0.4) is 0 Å². The molecule has 0 amide bonds. The summed E-state index contributed by atoms with van der Waals surface area (Å²) in [5, 5.41) is 0.